The Hall–Kier alpha value is -1.51. The molecule has 2 amide bonds. The van der Waals surface area contributed by atoms with E-state index in [9.17, 15) is 4.79 Å². The van der Waals surface area contributed by atoms with Crippen LogP contribution in [0.15, 0.2) is 24.3 Å². The predicted molar refractivity (Wildman–Crippen MR) is 97.0 cm³/mol. The number of hydrogen-bond donors (Lipinski definition) is 2. The summed E-state index contributed by atoms with van der Waals surface area (Å²) in [5.74, 6) is 1.41. The van der Waals surface area contributed by atoms with Crippen molar-refractivity contribution in [1.82, 2.24) is 10.6 Å². The molecule has 1 spiro atoms. The predicted octanol–water partition coefficient (Wildman–Crippen LogP) is 4.06. The summed E-state index contributed by atoms with van der Waals surface area (Å²) in [5.41, 5.74) is 3.60. The molecule has 2 saturated carbocycles. The highest BCUT2D eigenvalue weighted by molar-refractivity contribution is 5.73. The number of amides is 2. The monoisotopic (exact) mass is 326 g/mol. The summed E-state index contributed by atoms with van der Waals surface area (Å²) < 4.78 is 0. The summed E-state index contributed by atoms with van der Waals surface area (Å²) in [5, 5.41) is 6.21. The van der Waals surface area contributed by atoms with Gasteiger partial charge in [0.15, 0.2) is 0 Å². The van der Waals surface area contributed by atoms with Crippen molar-refractivity contribution in [2.75, 3.05) is 13.1 Å². The summed E-state index contributed by atoms with van der Waals surface area (Å²) in [6, 6.07) is 8.78. The van der Waals surface area contributed by atoms with Crippen LogP contribution in [0.5, 0.6) is 0 Å². The lowest BCUT2D eigenvalue weighted by Gasteiger charge is -2.43. The van der Waals surface area contributed by atoms with Crippen LogP contribution < -0.4 is 10.6 Å². The van der Waals surface area contributed by atoms with Crippen molar-refractivity contribution >= 4 is 6.03 Å². The van der Waals surface area contributed by atoms with Crippen molar-refractivity contribution in [2.45, 2.75) is 57.8 Å². The third kappa shape index (κ3) is 3.18. The molecule has 3 nitrogen and oxygen atoms in total. The van der Waals surface area contributed by atoms with E-state index in [1.54, 1.807) is 0 Å². The highest BCUT2D eigenvalue weighted by atomic mass is 16.2. The first kappa shape index (κ1) is 16.0. The Balaban J connectivity index is 1.14. The van der Waals surface area contributed by atoms with Crippen LogP contribution in [-0.4, -0.2) is 19.1 Å². The lowest BCUT2D eigenvalue weighted by atomic mass is 9.62. The highest BCUT2D eigenvalue weighted by Crippen LogP contribution is 2.56. The van der Waals surface area contributed by atoms with E-state index in [-0.39, 0.29) is 6.03 Å². The Morgan fingerprint density at radius 1 is 1.04 bits per heavy atom. The van der Waals surface area contributed by atoms with Crippen molar-refractivity contribution in [3.8, 4) is 0 Å². The van der Waals surface area contributed by atoms with Crippen LogP contribution in [0.4, 0.5) is 4.79 Å². The maximum atomic E-state index is 12.1. The second-order valence-electron chi connectivity index (χ2n) is 8.27. The number of carbonyl (C=O) groups is 1. The lowest BCUT2D eigenvalue weighted by Crippen LogP contribution is -2.43. The molecule has 2 N–H and O–H groups in total. The fraction of sp³-hybridized carbons (Fsp3) is 0.667. The van der Waals surface area contributed by atoms with E-state index in [1.165, 1.54) is 62.5 Å². The van der Waals surface area contributed by atoms with Crippen molar-refractivity contribution in [2.24, 2.45) is 17.3 Å². The first-order chi connectivity index (χ1) is 11.8. The Morgan fingerprint density at radius 3 is 2.42 bits per heavy atom. The largest absolute Gasteiger partial charge is 0.338 e. The van der Waals surface area contributed by atoms with Crippen molar-refractivity contribution in [1.29, 1.82) is 0 Å². The molecule has 3 heteroatoms. The summed E-state index contributed by atoms with van der Waals surface area (Å²) in [6.07, 6.45) is 11.7. The van der Waals surface area contributed by atoms with Gasteiger partial charge in [0.1, 0.15) is 0 Å². The third-order valence-electron chi connectivity index (χ3n) is 6.93. The average molecular weight is 326 g/mol. The number of carbonyl (C=O) groups excluding carboxylic acids is 1. The van der Waals surface area contributed by atoms with Crippen LogP contribution in [-0.2, 0) is 12.8 Å². The van der Waals surface area contributed by atoms with E-state index >= 15 is 0 Å². The van der Waals surface area contributed by atoms with E-state index in [0.717, 1.165) is 25.4 Å². The molecule has 0 aliphatic heterocycles. The zero-order chi connectivity index (χ0) is 16.4. The number of hydrogen-bond acceptors (Lipinski definition) is 1. The summed E-state index contributed by atoms with van der Waals surface area (Å²) in [7, 11) is 0. The first-order valence-corrected chi connectivity index (χ1v) is 9.84. The molecule has 0 bridgehead atoms. The second-order valence-corrected chi connectivity index (χ2v) is 8.27. The fourth-order valence-electron chi connectivity index (χ4n) is 5.34. The Kier molecular flexibility index (Phi) is 4.51. The van der Waals surface area contributed by atoms with Gasteiger partial charge in [-0.2, -0.15) is 0 Å². The van der Waals surface area contributed by atoms with Crippen LogP contribution in [0.3, 0.4) is 0 Å². The molecule has 1 atom stereocenters. The van der Waals surface area contributed by atoms with Crippen LogP contribution in [0.25, 0.3) is 0 Å². The van der Waals surface area contributed by atoms with Gasteiger partial charge in [0.25, 0.3) is 0 Å². The Bertz CT molecular complexity index is 568. The number of nitrogens with one attached hydrogen (secondary N) is 2. The van der Waals surface area contributed by atoms with E-state index < -0.39 is 0 Å². The minimum atomic E-state index is 0.0342. The molecule has 3 aliphatic rings. The molecular formula is C21H30N2O. The van der Waals surface area contributed by atoms with Gasteiger partial charge in [-0.25, -0.2) is 4.79 Å². The number of benzene rings is 1. The number of rotatable bonds is 5. The number of fused-ring (bicyclic) bond motifs is 1. The fourth-order valence-corrected chi connectivity index (χ4v) is 5.34. The molecule has 24 heavy (non-hydrogen) atoms. The van der Waals surface area contributed by atoms with Crippen molar-refractivity contribution < 1.29 is 4.79 Å². The van der Waals surface area contributed by atoms with E-state index in [2.05, 4.69) is 34.9 Å². The average Bonchev–Trinajstić information content (AvgIpc) is 3.16. The molecule has 0 radical (unpaired) electrons. The van der Waals surface area contributed by atoms with E-state index in [1.807, 2.05) is 0 Å². The lowest BCUT2D eigenvalue weighted by molar-refractivity contribution is 0.0791. The quantitative estimate of drug-likeness (QED) is 0.842. The van der Waals surface area contributed by atoms with Crippen LogP contribution >= 0.6 is 0 Å². The van der Waals surface area contributed by atoms with Crippen LogP contribution in [0.2, 0.25) is 0 Å². The molecule has 1 aromatic rings. The third-order valence-corrected chi connectivity index (χ3v) is 6.93. The molecular weight excluding hydrogens is 296 g/mol. The molecule has 0 aromatic heterocycles. The SMILES string of the molecule is O=C(NCCC1Cc2ccccc2C1)NCC1CCCC12CCC2. The zero-order valence-corrected chi connectivity index (χ0v) is 14.7. The number of urea groups is 1. The van der Waals surface area contributed by atoms with Gasteiger partial charge < -0.3 is 10.6 Å². The van der Waals surface area contributed by atoms with Crippen molar-refractivity contribution in [3.63, 3.8) is 0 Å². The minimum Gasteiger partial charge on any atom is -0.338 e. The second kappa shape index (κ2) is 6.78. The van der Waals surface area contributed by atoms with Gasteiger partial charge in [0.2, 0.25) is 0 Å². The van der Waals surface area contributed by atoms with Gasteiger partial charge in [-0.3, -0.25) is 0 Å². The molecule has 2 fully saturated rings. The van der Waals surface area contributed by atoms with Gasteiger partial charge in [-0.15, -0.1) is 0 Å². The van der Waals surface area contributed by atoms with E-state index in [4.69, 9.17) is 0 Å². The maximum absolute atomic E-state index is 12.1. The first-order valence-electron chi connectivity index (χ1n) is 9.84. The van der Waals surface area contributed by atoms with Crippen LogP contribution in [0.1, 0.15) is 56.1 Å². The van der Waals surface area contributed by atoms with Gasteiger partial charge >= 0.3 is 6.03 Å². The smallest absolute Gasteiger partial charge is 0.314 e. The standard InChI is InChI=1S/C21H30N2O/c24-20(23-15-19-7-3-9-21(19)10-4-11-21)22-12-8-16-13-17-5-1-2-6-18(17)14-16/h1-2,5-6,16,19H,3-4,7-15H2,(H2,22,23,24). The summed E-state index contributed by atoms with van der Waals surface area (Å²) in [4.78, 5) is 12.1. The normalized spacial score (nSPS) is 24.6. The molecule has 130 valence electrons. The molecule has 0 saturated heterocycles. The highest BCUT2D eigenvalue weighted by Gasteiger charge is 2.46. The summed E-state index contributed by atoms with van der Waals surface area (Å²) in [6.45, 7) is 1.67. The Labute approximate surface area is 145 Å². The maximum Gasteiger partial charge on any atom is 0.314 e. The van der Waals surface area contributed by atoms with Crippen molar-refractivity contribution in [3.05, 3.63) is 35.4 Å². The van der Waals surface area contributed by atoms with Gasteiger partial charge in [-0.1, -0.05) is 37.1 Å². The zero-order valence-electron chi connectivity index (χ0n) is 14.7. The molecule has 3 aliphatic carbocycles. The van der Waals surface area contributed by atoms with Gasteiger partial charge in [-0.05, 0) is 73.3 Å². The summed E-state index contributed by atoms with van der Waals surface area (Å²) >= 11 is 0. The molecule has 1 unspecified atom stereocenters. The molecule has 0 heterocycles. The molecule has 1 aromatic carbocycles. The van der Waals surface area contributed by atoms with Gasteiger partial charge in [0, 0.05) is 13.1 Å². The van der Waals surface area contributed by atoms with Crippen LogP contribution in [0, 0.1) is 17.3 Å². The minimum absolute atomic E-state index is 0.0342. The van der Waals surface area contributed by atoms with E-state index in [0.29, 0.717) is 11.3 Å². The molecule has 4 rings (SSSR count). The Morgan fingerprint density at radius 2 is 1.75 bits per heavy atom. The topological polar surface area (TPSA) is 41.1 Å². The van der Waals surface area contributed by atoms with Gasteiger partial charge in [0.05, 0.1) is 0 Å².